The second-order valence-electron chi connectivity index (χ2n) is 6.09. The molecule has 0 aromatic rings. The van der Waals surface area contributed by atoms with Crippen LogP contribution in [0.2, 0.25) is 0 Å². The van der Waals surface area contributed by atoms with Gasteiger partial charge in [-0.15, -0.1) is 0 Å². The van der Waals surface area contributed by atoms with Crippen LogP contribution in [-0.4, -0.2) is 61.3 Å². The van der Waals surface area contributed by atoms with E-state index in [-0.39, 0.29) is 0 Å². The molecule has 19 heavy (non-hydrogen) atoms. The van der Waals surface area contributed by atoms with Crippen molar-refractivity contribution in [3.63, 3.8) is 0 Å². The largest absolute Gasteiger partial charge is 0.324 e. The zero-order valence-corrected chi connectivity index (χ0v) is 14.7. The van der Waals surface area contributed by atoms with Crippen molar-refractivity contribution in [2.75, 3.05) is 52.4 Å². The van der Waals surface area contributed by atoms with Gasteiger partial charge in [0.15, 0.2) is 0 Å². The van der Waals surface area contributed by atoms with E-state index >= 15 is 0 Å². The van der Waals surface area contributed by atoms with Gasteiger partial charge in [0.05, 0.1) is 52.4 Å². The van der Waals surface area contributed by atoms with Gasteiger partial charge >= 0.3 is 0 Å². The van der Waals surface area contributed by atoms with Crippen LogP contribution in [0.3, 0.4) is 0 Å². The van der Waals surface area contributed by atoms with Crippen molar-refractivity contribution in [2.24, 2.45) is 0 Å². The Morgan fingerprint density at radius 2 is 0.684 bits per heavy atom. The molecule has 0 heterocycles. The van der Waals surface area contributed by atoms with E-state index in [1.807, 2.05) is 0 Å². The van der Waals surface area contributed by atoms with Crippen molar-refractivity contribution in [1.82, 2.24) is 0 Å². The van der Waals surface area contributed by atoms with Crippen LogP contribution < -0.4 is 0 Å². The predicted octanol–water partition coefficient (Wildman–Crippen LogP) is 3.91. The first-order valence-corrected chi connectivity index (χ1v) is 8.77. The predicted molar refractivity (Wildman–Crippen MR) is 87.4 cm³/mol. The summed E-state index contributed by atoms with van der Waals surface area (Å²) in [6, 6.07) is 0. The molecule has 2 heteroatoms. The highest BCUT2D eigenvalue weighted by molar-refractivity contribution is 4.46. The van der Waals surface area contributed by atoms with Gasteiger partial charge in [-0.3, -0.25) is 0 Å². The van der Waals surface area contributed by atoms with Crippen LogP contribution in [-0.2, 0) is 0 Å². The Balaban J connectivity index is 3.98. The SMILES string of the molecule is CC[N+](CC)(CC)CCCCC[N+](CC)(CC)CC. The zero-order chi connectivity index (χ0) is 14.8. The minimum Gasteiger partial charge on any atom is -0.324 e. The Hall–Kier alpha value is -0.0800. The number of unbranched alkanes of at least 4 members (excludes halogenated alkanes) is 2. The molecule has 0 aromatic heterocycles. The molecule has 0 spiro atoms. The third kappa shape index (κ3) is 5.83. The minimum absolute atomic E-state index is 1.30. The number of quaternary nitrogens is 2. The third-order valence-corrected chi connectivity index (χ3v) is 5.79. The molecule has 0 saturated heterocycles. The summed E-state index contributed by atoms with van der Waals surface area (Å²) in [7, 11) is 0. The van der Waals surface area contributed by atoms with E-state index in [0.29, 0.717) is 0 Å². The lowest BCUT2D eigenvalue weighted by Crippen LogP contribution is -2.49. The Bertz CT molecular complexity index is 167. The van der Waals surface area contributed by atoms with Crippen LogP contribution >= 0.6 is 0 Å². The average molecular weight is 273 g/mol. The fourth-order valence-corrected chi connectivity index (χ4v) is 3.36. The van der Waals surface area contributed by atoms with Crippen molar-refractivity contribution in [1.29, 1.82) is 0 Å². The highest BCUT2D eigenvalue weighted by atomic mass is 15.3. The van der Waals surface area contributed by atoms with E-state index < -0.39 is 0 Å². The topological polar surface area (TPSA) is 0 Å². The standard InChI is InChI=1S/C17H40N2/c1-7-18(8-2,9-3)16-14-13-15-17-19(10-4,11-5)12-6/h7-17H2,1-6H3/q+2. The number of nitrogens with zero attached hydrogens (tertiary/aromatic N) is 2. The van der Waals surface area contributed by atoms with Crippen molar-refractivity contribution in [3.05, 3.63) is 0 Å². The van der Waals surface area contributed by atoms with Gasteiger partial charge in [0.1, 0.15) is 0 Å². The second-order valence-corrected chi connectivity index (χ2v) is 6.09. The van der Waals surface area contributed by atoms with Gasteiger partial charge < -0.3 is 8.97 Å². The van der Waals surface area contributed by atoms with E-state index in [1.165, 1.54) is 80.6 Å². The van der Waals surface area contributed by atoms with Crippen LogP contribution in [0.1, 0.15) is 60.8 Å². The normalized spacial score (nSPS) is 12.9. The number of rotatable bonds is 12. The first-order valence-electron chi connectivity index (χ1n) is 8.77. The molecule has 0 aliphatic carbocycles. The van der Waals surface area contributed by atoms with Gasteiger partial charge in [-0.25, -0.2) is 0 Å². The molecule has 0 rings (SSSR count). The minimum atomic E-state index is 1.30. The van der Waals surface area contributed by atoms with Crippen molar-refractivity contribution >= 4 is 0 Å². The summed E-state index contributed by atoms with van der Waals surface area (Å²) in [5.74, 6) is 0. The molecular formula is C17H40N2+2. The maximum atomic E-state index is 2.35. The molecule has 2 nitrogen and oxygen atoms in total. The Morgan fingerprint density at radius 1 is 0.421 bits per heavy atom. The highest BCUT2D eigenvalue weighted by Gasteiger charge is 2.21. The molecule has 0 aliphatic rings. The van der Waals surface area contributed by atoms with Gasteiger partial charge in [0.25, 0.3) is 0 Å². The lowest BCUT2D eigenvalue weighted by atomic mass is 10.1. The summed E-state index contributed by atoms with van der Waals surface area (Å²) in [4.78, 5) is 0. The van der Waals surface area contributed by atoms with Crippen molar-refractivity contribution < 1.29 is 8.97 Å². The molecule has 0 fully saturated rings. The highest BCUT2D eigenvalue weighted by Crippen LogP contribution is 2.12. The molecule has 116 valence electrons. The summed E-state index contributed by atoms with van der Waals surface area (Å²) in [6.45, 7) is 24.6. The third-order valence-electron chi connectivity index (χ3n) is 5.79. The maximum absolute atomic E-state index is 2.35. The van der Waals surface area contributed by atoms with Gasteiger partial charge in [0, 0.05) is 0 Å². The number of hydrogen-bond acceptors (Lipinski definition) is 0. The average Bonchev–Trinajstić information content (AvgIpc) is 2.48. The van der Waals surface area contributed by atoms with E-state index in [4.69, 9.17) is 0 Å². The Labute approximate surface area is 123 Å². The van der Waals surface area contributed by atoms with Gasteiger partial charge in [-0.1, -0.05) is 0 Å². The lowest BCUT2D eigenvalue weighted by Gasteiger charge is -2.37. The van der Waals surface area contributed by atoms with Crippen LogP contribution in [0, 0.1) is 0 Å². The van der Waals surface area contributed by atoms with Crippen LogP contribution in [0.4, 0.5) is 0 Å². The van der Waals surface area contributed by atoms with Crippen LogP contribution in [0.15, 0.2) is 0 Å². The second kappa shape index (κ2) is 9.77. The first kappa shape index (κ1) is 18.9. The quantitative estimate of drug-likeness (QED) is 0.373. The van der Waals surface area contributed by atoms with Crippen molar-refractivity contribution in [2.45, 2.75) is 60.8 Å². The smallest absolute Gasteiger partial charge is 0.0786 e. The Kier molecular flexibility index (Phi) is 9.72. The molecule has 0 radical (unpaired) electrons. The monoisotopic (exact) mass is 272 g/mol. The van der Waals surface area contributed by atoms with Crippen molar-refractivity contribution in [3.8, 4) is 0 Å². The Morgan fingerprint density at radius 3 is 0.895 bits per heavy atom. The zero-order valence-electron chi connectivity index (χ0n) is 14.7. The lowest BCUT2D eigenvalue weighted by molar-refractivity contribution is -0.925. The first-order chi connectivity index (χ1) is 9.07. The van der Waals surface area contributed by atoms with Gasteiger partial charge in [-0.2, -0.15) is 0 Å². The summed E-state index contributed by atoms with van der Waals surface area (Å²) in [5, 5.41) is 0. The molecule has 0 aliphatic heterocycles. The molecule has 0 atom stereocenters. The molecule has 0 amide bonds. The maximum Gasteiger partial charge on any atom is 0.0786 e. The van der Waals surface area contributed by atoms with E-state index in [9.17, 15) is 0 Å². The fraction of sp³-hybridized carbons (Fsp3) is 1.00. The molecule has 0 aromatic carbocycles. The fourth-order valence-electron chi connectivity index (χ4n) is 3.36. The number of hydrogen-bond donors (Lipinski definition) is 0. The summed E-state index contributed by atoms with van der Waals surface area (Å²) >= 11 is 0. The summed E-state index contributed by atoms with van der Waals surface area (Å²) < 4.78 is 2.63. The molecule has 0 saturated carbocycles. The van der Waals surface area contributed by atoms with E-state index in [2.05, 4.69) is 41.5 Å². The van der Waals surface area contributed by atoms with Crippen LogP contribution in [0.25, 0.3) is 0 Å². The molecule has 0 bridgehead atoms. The summed E-state index contributed by atoms with van der Waals surface area (Å²) in [5.41, 5.74) is 0. The summed E-state index contributed by atoms with van der Waals surface area (Å²) in [6.07, 6.45) is 4.24. The molecule has 0 N–H and O–H groups in total. The molecular weight excluding hydrogens is 232 g/mol. The van der Waals surface area contributed by atoms with Crippen LogP contribution in [0.5, 0.6) is 0 Å². The molecule has 0 unspecified atom stereocenters. The van der Waals surface area contributed by atoms with E-state index in [0.717, 1.165) is 0 Å². The van der Waals surface area contributed by atoms with Gasteiger partial charge in [0.2, 0.25) is 0 Å². The van der Waals surface area contributed by atoms with Gasteiger partial charge in [-0.05, 0) is 60.8 Å². The van der Waals surface area contributed by atoms with E-state index in [1.54, 1.807) is 0 Å².